The predicted molar refractivity (Wildman–Crippen MR) is 94.1 cm³/mol. The molecule has 2 rings (SSSR count). The van der Waals surface area contributed by atoms with Crippen molar-refractivity contribution in [3.63, 3.8) is 0 Å². The molecule has 0 radical (unpaired) electrons. The first-order valence-corrected chi connectivity index (χ1v) is 7.92. The van der Waals surface area contributed by atoms with E-state index in [1.165, 1.54) is 13.8 Å². The molecule has 0 atom stereocenters. The highest BCUT2D eigenvalue weighted by Crippen LogP contribution is 2.21. The van der Waals surface area contributed by atoms with Crippen LogP contribution >= 0.6 is 0 Å². The molecule has 7 heteroatoms. The molecule has 0 saturated heterocycles. The zero-order chi connectivity index (χ0) is 19.3. The van der Waals surface area contributed by atoms with Gasteiger partial charge >= 0.3 is 0 Å². The fourth-order valence-electron chi connectivity index (χ4n) is 2.40. The highest BCUT2D eigenvalue weighted by atomic mass is 19.1. The average Bonchev–Trinajstić information content (AvgIpc) is 2.56. The lowest BCUT2D eigenvalue weighted by Crippen LogP contribution is -2.32. The van der Waals surface area contributed by atoms with Gasteiger partial charge in [-0.2, -0.15) is 0 Å². The number of nitrogens with zero attached hydrogens (tertiary/aromatic N) is 1. The van der Waals surface area contributed by atoms with Crippen LogP contribution in [0.3, 0.4) is 0 Å². The van der Waals surface area contributed by atoms with Gasteiger partial charge < -0.3 is 10.2 Å². The highest BCUT2D eigenvalue weighted by molar-refractivity contribution is 5.97. The molecule has 0 aliphatic carbocycles. The maximum absolute atomic E-state index is 13.9. The molecule has 0 aliphatic heterocycles. The Hall–Kier alpha value is -3.09. The summed E-state index contributed by atoms with van der Waals surface area (Å²) in [7, 11) is 0. The lowest BCUT2D eigenvalue weighted by atomic mass is 10.1. The second-order valence-corrected chi connectivity index (χ2v) is 5.70. The van der Waals surface area contributed by atoms with Gasteiger partial charge in [-0.1, -0.05) is 12.1 Å². The van der Waals surface area contributed by atoms with E-state index < -0.39 is 23.4 Å². The summed E-state index contributed by atoms with van der Waals surface area (Å²) in [6, 6.07) is 9.32. The third-order valence-electron chi connectivity index (χ3n) is 3.70. The van der Waals surface area contributed by atoms with Gasteiger partial charge in [-0.15, -0.1) is 0 Å². The van der Waals surface area contributed by atoms with Gasteiger partial charge in [0.25, 0.3) is 0 Å². The zero-order valence-corrected chi connectivity index (χ0v) is 14.4. The van der Waals surface area contributed by atoms with E-state index in [1.54, 1.807) is 24.3 Å². The molecule has 0 unspecified atom stereocenters. The summed E-state index contributed by atoms with van der Waals surface area (Å²) in [4.78, 5) is 36.3. The molecule has 2 aromatic rings. The van der Waals surface area contributed by atoms with Crippen LogP contribution in [0.4, 0.5) is 20.2 Å². The minimum absolute atomic E-state index is 0.0733. The number of hydrogen-bond donors (Lipinski definition) is 1. The number of Topliss-reactive ketones (excluding diaryl/α,β-unsaturated/α-hetero) is 1. The van der Waals surface area contributed by atoms with Gasteiger partial charge in [0.05, 0.1) is 5.69 Å². The highest BCUT2D eigenvalue weighted by Gasteiger charge is 2.17. The topological polar surface area (TPSA) is 66.5 Å². The van der Waals surface area contributed by atoms with Gasteiger partial charge in [-0.3, -0.25) is 14.4 Å². The Kier molecular flexibility index (Phi) is 6.16. The van der Waals surface area contributed by atoms with Gasteiger partial charge in [0.1, 0.15) is 11.6 Å². The molecule has 0 bridgehead atoms. The number of halogens is 2. The van der Waals surface area contributed by atoms with Gasteiger partial charge in [0.15, 0.2) is 5.78 Å². The second-order valence-electron chi connectivity index (χ2n) is 5.70. The number of nitrogens with one attached hydrogen (secondary N) is 1. The van der Waals surface area contributed by atoms with E-state index in [4.69, 9.17) is 0 Å². The fourth-order valence-corrected chi connectivity index (χ4v) is 2.40. The minimum Gasteiger partial charge on any atom is -0.326 e. The summed E-state index contributed by atoms with van der Waals surface area (Å²) in [5.41, 5.74) is 0.817. The van der Waals surface area contributed by atoms with Crippen molar-refractivity contribution < 1.29 is 23.2 Å². The Labute approximate surface area is 149 Å². The van der Waals surface area contributed by atoms with Crippen molar-refractivity contribution in [2.24, 2.45) is 0 Å². The van der Waals surface area contributed by atoms with E-state index in [1.807, 2.05) is 0 Å². The third-order valence-corrected chi connectivity index (χ3v) is 3.70. The smallest absolute Gasteiger partial charge is 0.226 e. The normalized spacial score (nSPS) is 10.3. The van der Waals surface area contributed by atoms with Crippen LogP contribution in [-0.2, 0) is 9.59 Å². The van der Waals surface area contributed by atoms with Crippen LogP contribution in [0.2, 0.25) is 0 Å². The fraction of sp³-hybridized carbons (Fsp3) is 0.211. The monoisotopic (exact) mass is 360 g/mol. The summed E-state index contributed by atoms with van der Waals surface area (Å²) < 4.78 is 26.9. The van der Waals surface area contributed by atoms with Crippen molar-refractivity contribution in [3.8, 4) is 0 Å². The van der Waals surface area contributed by atoms with Crippen molar-refractivity contribution in [3.05, 3.63) is 59.7 Å². The first-order valence-electron chi connectivity index (χ1n) is 7.92. The number of hydrogen-bond acceptors (Lipinski definition) is 3. The molecule has 0 saturated carbocycles. The molecule has 0 heterocycles. The molecular formula is C19H18F2N2O3. The molecule has 2 aromatic carbocycles. The van der Waals surface area contributed by atoms with Crippen LogP contribution in [0.25, 0.3) is 0 Å². The number of anilines is 2. The minimum atomic E-state index is -0.880. The molecule has 0 spiro atoms. The van der Waals surface area contributed by atoms with Crippen LogP contribution in [0.1, 0.15) is 30.6 Å². The molecule has 0 fully saturated rings. The zero-order valence-electron chi connectivity index (χ0n) is 14.4. The quantitative estimate of drug-likeness (QED) is 0.801. The van der Waals surface area contributed by atoms with Crippen LogP contribution < -0.4 is 10.2 Å². The molecule has 0 aromatic heterocycles. The average molecular weight is 360 g/mol. The SMILES string of the molecule is CC(=O)c1cccc(NC(=O)CCN(C(C)=O)c2ccc(F)cc2F)c1. The number of carbonyl (C=O) groups excluding carboxylic acids is 3. The first kappa shape index (κ1) is 19.2. The summed E-state index contributed by atoms with van der Waals surface area (Å²) in [6.45, 7) is 2.58. The van der Waals surface area contributed by atoms with Crippen molar-refractivity contribution in [1.29, 1.82) is 0 Å². The van der Waals surface area contributed by atoms with E-state index in [9.17, 15) is 23.2 Å². The Morgan fingerprint density at radius 2 is 1.77 bits per heavy atom. The lowest BCUT2D eigenvalue weighted by Gasteiger charge is -2.21. The summed E-state index contributed by atoms with van der Waals surface area (Å²) in [5, 5.41) is 2.62. The lowest BCUT2D eigenvalue weighted by molar-refractivity contribution is -0.117. The third kappa shape index (κ3) is 4.95. The number of carbonyl (C=O) groups is 3. The Morgan fingerprint density at radius 3 is 2.38 bits per heavy atom. The summed E-state index contributed by atoms with van der Waals surface area (Å²) >= 11 is 0. The van der Waals surface area contributed by atoms with Crippen LogP contribution in [0.15, 0.2) is 42.5 Å². The summed E-state index contributed by atoms with van der Waals surface area (Å²) in [5.74, 6) is -2.63. The van der Waals surface area contributed by atoms with E-state index in [0.29, 0.717) is 17.3 Å². The van der Waals surface area contributed by atoms with Crippen LogP contribution in [0.5, 0.6) is 0 Å². The van der Waals surface area contributed by atoms with Crippen molar-refractivity contribution in [2.45, 2.75) is 20.3 Å². The number of benzene rings is 2. The molecule has 136 valence electrons. The Bertz CT molecular complexity index is 852. The van der Waals surface area contributed by atoms with E-state index >= 15 is 0 Å². The largest absolute Gasteiger partial charge is 0.326 e. The maximum Gasteiger partial charge on any atom is 0.226 e. The van der Waals surface area contributed by atoms with E-state index in [0.717, 1.165) is 17.0 Å². The Morgan fingerprint density at radius 1 is 1.04 bits per heavy atom. The van der Waals surface area contributed by atoms with Gasteiger partial charge in [-0.25, -0.2) is 8.78 Å². The number of amides is 2. The maximum atomic E-state index is 13.9. The summed E-state index contributed by atoms with van der Waals surface area (Å²) in [6.07, 6.45) is -0.0965. The first-order chi connectivity index (χ1) is 12.3. The van der Waals surface area contributed by atoms with Crippen molar-refractivity contribution >= 4 is 29.0 Å². The van der Waals surface area contributed by atoms with Gasteiger partial charge in [-0.05, 0) is 31.2 Å². The van der Waals surface area contributed by atoms with Gasteiger partial charge in [0.2, 0.25) is 11.8 Å². The van der Waals surface area contributed by atoms with E-state index in [-0.39, 0.29) is 24.4 Å². The Balaban J connectivity index is 2.05. The van der Waals surface area contributed by atoms with Crippen molar-refractivity contribution in [1.82, 2.24) is 0 Å². The molecular weight excluding hydrogens is 342 g/mol. The molecule has 26 heavy (non-hydrogen) atoms. The standard InChI is InChI=1S/C19H18F2N2O3/c1-12(24)14-4-3-5-16(10-14)22-19(26)8-9-23(13(2)25)18-7-6-15(20)11-17(18)21/h3-7,10-11H,8-9H2,1-2H3,(H,22,26). The number of rotatable bonds is 6. The second kappa shape index (κ2) is 8.33. The molecule has 1 N–H and O–H groups in total. The van der Waals surface area contributed by atoms with E-state index in [2.05, 4.69) is 5.32 Å². The molecule has 5 nitrogen and oxygen atoms in total. The van der Waals surface area contributed by atoms with Crippen molar-refractivity contribution in [2.75, 3.05) is 16.8 Å². The molecule has 0 aliphatic rings. The number of ketones is 1. The van der Waals surface area contributed by atoms with Gasteiger partial charge in [0, 0.05) is 37.2 Å². The van der Waals surface area contributed by atoms with Crippen LogP contribution in [0, 0.1) is 11.6 Å². The van der Waals surface area contributed by atoms with Crippen LogP contribution in [-0.4, -0.2) is 24.1 Å². The molecule has 2 amide bonds. The predicted octanol–water partition coefficient (Wildman–Crippen LogP) is 3.55.